The lowest BCUT2D eigenvalue weighted by Gasteiger charge is -2.20. The molecule has 4 nitrogen and oxygen atoms in total. The molecule has 0 radical (unpaired) electrons. The van der Waals surface area contributed by atoms with Crippen LogP contribution in [0.2, 0.25) is 5.02 Å². The Bertz CT molecular complexity index is 562. The van der Waals surface area contributed by atoms with Gasteiger partial charge in [0.25, 0.3) is 0 Å². The number of aliphatic hydroxyl groups excluding tert-OH is 1. The van der Waals surface area contributed by atoms with Gasteiger partial charge in [-0.05, 0) is 35.6 Å². The fourth-order valence-electron chi connectivity index (χ4n) is 1.54. The van der Waals surface area contributed by atoms with E-state index in [1.54, 1.807) is 13.0 Å². The lowest BCUT2D eigenvalue weighted by molar-refractivity contribution is 0.280. The highest BCUT2D eigenvalue weighted by Gasteiger charge is 2.22. The first-order chi connectivity index (χ1) is 8.57. The molecule has 0 unspecified atom stereocenters. The summed E-state index contributed by atoms with van der Waals surface area (Å²) in [4.78, 5) is 0.119. The van der Waals surface area contributed by atoms with Crippen molar-refractivity contribution in [1.29, 1.82) is 0 Å². The molecule has 0 amide bonds. The molecular weight excluding hydrogens is 286 g/mol. The summed E-state index contributed by atoms with van der Waals surface area (Å²) in [7, 11) is -3.62. The lowest BCUT2D eigenvalue weighted by atomic mass is 9.98. The van der Waals surface area contributed by atoms with Crippen LogP contribution < -0.4 is 4.72 Å². The van der Waals surface area contributed by atoms with Gasteiger partial charge in [-0.2, -0.15) is 0 Å². The van der Waals surface area contributed by atoms with Crippen molar-refractivity contribution in [1.82, 2.24) is 4.72 Å². The van der Waals surface area contributed by atoms with Crippen molar-refractivity contribution in [2.45, 2.75) is 39.2 Å². The third-order valence-corrected chi connectivity index (χ3v) is 4.43. The van der Waals surface area contributed by atoms with Crippen LogP contribution in [0.15, 0.2) is 17.0 Å². The second kappa shape index (κ2) is 5.79. The number of aliphatic hydroxyl groups is 1. The lowest BCUT2D eigenvalue weighted by Crippen LogP contribution is -2.32. The summed E-state index contributed by atoms with van der Waals surface area (Å²) in [6.07, 6.45) is 0. The van der Waals surface area contributed by atoms with Crippen molar-refractivity contribution in [3.05, 3.63) is 28.3 Å². The molecule has 108 valence electrons. The number of benzene rings is 1. The first kappa shape index (κ1) is 16.4. The Morgan fingerprint density at radius 2 is 1.89 bits per heavy atom. The maximum atomic E-state index is 12.3. The molecule has 2 N–H and O–H groups in total. The van der Waals surface area contributed by atoms with Crippen LogP contribution in [0.3, 0.4) is 0 Å². The van der Waals surface area contributed by atoms with E-state index in [1.165, 1.54) is 6.07 Å². The Labute approximate surface area is 119 Å². The van der Waals surface area contributed by atoms with Gasteiger partial charge in [-0.25, -0.2) is 13.1 Å². The summed E-state index contributed by atoms with van der Waals surface area (Å²) in [5, 5.41) is 9.52. The van der Waals surface area contributed by atoms with E-state index in [2.05, 4.69) is 4.72 Å². The Morgan fingerprint density at radius 1 is 1.32 bits per heavy atom. The molecular formula is C13H20ClNO3S. The Hall–Kier alpha value is -0.620. The van der Waals surface area contributed by atoms with Crippen molar-refractivity contribution in [2.24, 2.45) is 5.41 Å². The van der Waals surface area contributed by atoms with Crippen LogP contribution in [0, 0.1) is 12.3 Å². The van der Waals surface area contributed by atoms with Crippen LogP contribution in [0.4, 0.5) is 0 Å². The van der Waals surface area contributed by atoms with Crippen molar-refractivity contribution in [2.75, 3.05) is 6.54 Å². The van der Waals surface area contributed by atoms with Gasteiger partial charge < -0.3 is 5.11 Å². The van der Waals surface area contributed by atoms with E-state index in [4.69, 9.17) is 11.6 Å². The zero-order chi connectivity index (χ0) is 14.8. The average molecular weight is 306 g/mol. The van der Waals surface area contributed by atoms with Crippen molar-refractivity contribution in [3.63, 3.8) is 0 Å². The molecule has 0 fully saturated rings. The SMILES string of the molecule is Cc1c(CO)cc(Cl)cc1S(=O)(=O)NCC(C)(C)C. The zero-order valence-electron chi connectivity index (χ0n) is 11.6. The number of hydrogen-bond acceptors (Lipinski definition) is 3. The molecule has 1 aromatic carbocycles. The first-order valence-electron chi connectivity index (χ1n) is 5.96. The van der Waals surface area contributed by atoms with Gasteiger partial charge in [0.2, 0.25) is 10.0 Å². The summed E-state index contributed by atoms with van der Waals surface area (Å²) in [5.41, 5.74) is 0.885. The molecule has 1 aromatic rings. The molecule has 19 heavy (non-hydrogen) atoms. The van der Waals surface area contributed by atoms with Gasteiger partial charge in [0.05, 0.1) is 11.5 Å². The second-order valence-electron chi connectivity index (χ2n) is 5.73. The Morgan fingerprint density at radius 3 is 2.37 bits per heavy atom. The van der Waals surface area contributed by atoms with Crippen LogP contribution in [0.1, 0.15) is 31.9 Å². The van der Waals surface area contributed by atoms with Crippen molar-refractivity contribution >= 4 is 21.6 Å². The molecule has 0 heterocycles. The van der Waals surface area contributed by atoms with E-state index in [-0.39, 0.29) is 16.9 Å². The molecule has 0 saturated carbocycles. The quantitative estimate of drug-likeness (QED) is 0.898. The van der Waals surface area contributed by atoms with Crippen LogP contribution in [-0.4, -0.2) is 20.1 Å². The van der Waals surface area contributed by atoms with Crippen LogP contribution >= 0.6 is 11.6 Å². The van der Waals surface area contributed by atoms with Crippen LogP contribution in [-0.2, 0) is 16.6 Å². The molecule has 0 aliphatic carbocycles. The third-order valence-electron chi connectivity index (χ3n) is 2.68. The standard InChI is InChI=1S/C13H20ClNO3S/c1-9-10(7-16)5-11(14)6-12(9)19(17,18)15-8-13(2,3)4/h5-6,15-16H,7-8H2,1-4H3. The highest BCUT2D eigenvalue weighted by Crippen LogP contribution is 2.25. The smallest absolute Gasteiger partial charge is 0.240 e. The monoisotopic (exact) mass is 305 g/mol. The van der Waals surface area contributed by atoms with E-state index in [0.717, 1.165) is 0 Å². The highest BCUT2D eigenvalue weighted by atomic mass is 35.5. The summed E-state index contributed by atoms with van der Waals surface area (Å²) in [5.74, 6) is 0. The molecule has 0 bridgehead atoms. The molecule has 6 heteroatoms. The fourth-order valence-corrected chi connectivity index (χ4v) is 3.44. The fraction of sp³-hybridized carbons (Fsp3) is 0.538. The minimum absolute atomic E-state index is 0.119. The largest absolute Gasteiger partial charge is 0.392 e. The third kappa shape index (κ3) is 4.45. The number of rotatable bonds is 4. The predicted molar refractivity (Wildman–Crippen MR) is 76.8 cm³/mol. The number of halogens is 1. The van der Waals surface area contributed by atoms with E-state index < -0.39 is 10.0 Å². The molecule has 0 aliphatic heterocycles. The number of nitrogens with one attached hydrogen (secondary N) is 1. The van der Waals surface area contributed by atoms with Gasteiger partial charge in [0.15, 0.2) is 0 Å². The maximum absolute atomic E-state index is 12.3. The zero-order valence-corrected chi connectivity index (χ0v) is 13.2. The summed E-state index contributed by atoms with van der Waals surface area (Å²) in [6, 6.07) is 2.97. The molecule has 0 spiro atoms. The minimum atomic E-state index is -3.62. The first-order valence-corrected chi connectivity index (χ1v) is 7.82. The Kier molecular flexibility index (Phi) is 5.01. The molecule has 0 saturated heterocycles. The highest BCUT2D eigenvalue weighted by molar-refractivity contribution is 7.89. The van der Waals surface area contributed by atoms with Crippen molar-refractivity contribution < 1.29 is 13.5 Å². The normalized spacial score (nSPS) is 12.7. The summed E-state index contributed by atoms with van der Waals surface area (Å²) in [6.45, 7) is 7.58. The van der Waals surface area contributed by atoms with Gasteiger partial charge >= 0.3 is 0 Å². The van der Waals surface area contributed by atoms with Gasteiger partial charge in [-0.1, -0.05) is 32.4 Å². The number of sulfonamides is 1. The van der Waals surface area contributed by atoms with Crippen LogP contribution in [0.5, 0.6) is 0 Å². The summed E-state index contributed by atoms with van der Waals surface area (Å²) >= 11 is 5.89. The van der Waals surface area contributed by atoms with E-state index in [1.807, 2.05) is 20.8 Å². The maximum Gasteiger partial charge on any atom is 0.240 e. The van der Waals surface area contributed by atoms with Gasteiger partial charge in [0, 0.05) is 11.6 Å². The van der Waals surface area contributed by atoms with Crippen LogP contribution in [0.25, 0.3) is 0 Å². The van der Waals surface area contributed by atoms with E-state index >= 15 is 0 Å². The molecule has 1 rings (SSSR count). The van der Waals surface area contributed by atoms with Gasteiger partial charge in [0.1, 0.15) is 0 Å². The molecule has 0 atom stereocenters. The minimum Gasteiger partial charge on any atom is -0.392 e. The predicted octanol–water partition coefficient (Wildman–Crippen LogP) is 2.47. The van der Waals surface area contributed by atoms with Gasteiger partial charge in [-0.3, -0.25) is 0 Å². The Balaban J connectivity index is 3.18. The van der Waals surface area contributed by atoms with Crippen molar-refractivity contribution in [3.8, 4) is 0 Å². The average Bonchev–Trinajstić information content (AvgIpc) is 2.28. The van der Waals surface area contributed by atoms with Gasteiger partial charge in [-0.15, -0.1) is 0 Å². The molecule has 0 aliphatic rings. The topological polar surface area (TPSA) is 66.4 Å². The summed E-state index contributed by atoms with van der Waals surface area (Å²) < 4.78 is 27.1. The molecule has 0 aromatic heterocycles. The van der Waals surface area contributed by atoms with E-state index in [0.29, 0.717) is 22.7 Å². The number of hydrogen-bond donors (Lipinski definition) is 2. The van der Waals surface area contributed by atoms with E-state index in [9.17, 15) is 13.5 Å². The second-order valence-corrected chi connectivity index (χ2v) is 7.90.